The van der Waals surface area contributed by atoms with E-state index in [-0.39, 0.29) is 6.09 Å². The predicted octanol–water partition coefficient (Wildman–Crippen LogP) is 3.64. The van der Waals surface area contributed by atoms with Crippen LogP contribution in [0.4, 0.5) is 4.79 Å². The first kappa shape index (κ1) is 13.3. The van der Waals surface area contributed by atoms with Crippen molar-refractivity contribution in [2.24, 2.45) is 5.92 Å². The van der Waals surface area contributed by atoms with Gasteiger partial charge >= 0.3 is 6.09 Å². The number of ether oxygens (including phenoxy) is 1. The quantitative estimate of drug-likeness (QED) is 0.702. The summed E-state index contributed by atoms with van der Waals surface area (Å²) in [6.45, 7) is 4.47. The molecule has 0 atom stereocenters. The van der Waals surface area contributed by atoms with Crippen LogP contribution in [-0.2, 0) is 4.74 Å². The Kier molecular flexibility index (Phi) is 7.02. The lowest BCUT2D eigenvalue weighted by molar-refractivity contribution is 0.146. The van der Waals surface area contributed by atoms with Crippen molar-refractivity contribution in [3.8, 4) is 0 Å². The molecule has 0 unspecified atom stereocenters. The van der Waals surface area contributed by atoms with E-state index in [1.54, 1.807) is 0 Å². The maximum atomic E-state index is 11.2. The van der Waals surface area contributed by atoms with Gasteiger partial charge in [0.1, 0.15) is 0 Å². The normalized spacial score (nSPS) is 17.1. The second-order valence-corrected chi connectivity index (χ2v) is 4.58. The van der Waals surface area contributed by atoms with Gasteiger partial charge in [-0.2, -0.15) is 0 Å². The minimum absolute atomic E-state index is 0.302. The zero-order valence-electron chi connectivity index (χ0n) is 10.3. The number of nitrogens with one attached hydrogen (secondary N) is 1. The van der Waals surface area contributed by atoms with Crippen LogP contribution in [0.5, 0.6) is 0 Å². The second kappa shape index (κ2) is 8.43. The molecule has 16 heavy (non-hydrogen) atoms. The third kappa shape index (κ3) is 5.99. The van der Waals surface area contributed by atoms with Gasteiger partial charge in [0.15, 0.2) is 0 Å². The molecule has 0 spiro atoms. The topological polar surface area (TPSA) is 38.3 Å². The summed E-state index contributed by atoms with van der Waals surface area (Å²) in [6, 6.07) is 0. The van der Waals surface area contributed by atoms with E-state index in [1.807, 2.05) is 6.54 Å². The van der Waals surface area contributed by atoms with Crippen LogP contribution in [-0.4, -0.2) is 12.7 Å². The highest BCUT2D eigenvalue weighted by atomic mass is 16.5. The van der Waals surface area contributed by atoms with Gasteiger partial charge in [0, 0.05) is 0 Å². The molecule has 0 aromatic rings. The largest absolute Gasteiger partial charge is 0.450 e. The minimum atomic E-state index is -0.302. The first-order valence-electron chi connectivity index (χ1n) is 6.58. The zero-order chi connectivity index (χ0) is 11.6. The third-order valence-corrected chi connectivity index (χ3v) is 3.13. The fourth-order valence-corrected chi connectivity index (χ4v) is 2.08. The highest BCUT2D eigenvalue weighted by molar-refractivity contribution is 5.67. The molecule has 0 aromatic carbocycles. The maximum absolute atomic E-state index is 11.2. The number of alkyl carbamates (subject to hydrolysis) is 1. The smallest absolute Gasteiger partial charge is 0.407 e. The number of carbonyl (C=O) groups excluding carboxylic acids is 1. The van der Waals surface area contributed by atoms with Gasteiger partial charge in [-0.05, 0) is 18.8 Å². The van der Waals surface area contributed by atoms with Crippen molar-refractivity contribution in [1.29, 1.82) is 0 Å². The van der Waals surface area contributed by atoms with Gasteiger partial charge in [-0.25, -0.2) is 4.79 Å². The van der Waals surface area contributed by atoms with E-state index in [2.05, 4.69) is 12.2 Å². The molecule has 1 saturated carbocycles. The lowest BCUT2D eigenvalue weighted by Gasteiger charge is -2.21. The molecular weight excluding hydrogens is 202 g/mol. The molecule has 0 saturated heterocycles. The van der Waals surface area contributed by atoms with E-state index >= 15 is 0 Å². The van der Waals surface area contributed by atoms with Gasteiger partial charge in [0.05, 0.1) is 13.2 Å². The molecule has 0 aliphatic heterocycles. The van der Waals surface area contributed by atoms with Crippen molar-refractivity contribution in [2.45, 2.75) is 58.3 Å². The molecule has 3 heteroatoms. The van der Waals surface area contributed by atoms with Gasteiger partial charge in [-0.3, -0.25) is 0 Å². The molecule has 1 radical (unpaired) electrons. The Morgan fingerprint density at radius 3 is 2.81 bits per heavy atom. The Hall–Kier alpha value is -0.730. The number of amides is 1. The summed E-state index contributed by atoms with van der Waals surface area (Å²) in [7, 11) is 0. The van der Waals surface area contributed by atoms with Crippen molar-refractivity contribution < 1.29 is 9.53 Å². The molecule has 1 aliphatic rings. The van der Waals surface area contributed by atoms with Gasteiger partial charge in [-0.1, -0.05) is 45.4 Å². The van der Waals surface area contributed by atoms with Crippen LogP contribution < -0.4 is 5.32 Å². The first-order chi connectivity index (χ1) is 7.83. The van der Waals surface area contributed by atoms with Gasteiger partial charge in [-0.15, -0.1) is 0 Å². The minimum Gasteiger partial charge on any atom is -0.450 e. The summed E-state index contributed by atoms with van der Waals surface area (Å²) in [4.78, 5) is 11.2. The van der Waals surface area contributed by atoms with Crippen LogP contribution >= 0.6 is 0 Å². The average molecular weight is 226 g/mol. The second-order valence-electron chi connectivity index (χ2n) is 4.58. The van der Waals surface area contributed by atoms with Crippen LogP contribution in [0.1, 0.15) is 58.3 Å². The highest BCUT2D eigenvalue weighted by Crippen LogP contribution is 2.26. The number of hydrogen-bond donors (Lipinski definition) is 1. The van der Waals surface area contributed by atoms with Crippen LogP contribution in [0.2, 0.25) is 0 Å². The van der Waals surface area contributed by atoms with Crippen LogP contribution in [0.3, 0.4) is 0 Å². The Morgan fingerprint density at radius 1 is 1.38 bits per heavy atom. The Bertz CT molecular complexity index is 188. The molecule has 1 fully saturated rings. The summed E-state index contributed by atoms with van der Waals surface area (Å²) < 4.78 is 4.99. The fraction of sp³-hybridized carbons (Fsp3) is 0.846. The average Bonchev–Trinajstić information content (AvgIpc) is 2.31. The summed E-state index contributed by atoms with van der Waals surface area (Å²) >= 11 is 0. The molecule has 0 bridgehead atoms. The van der Waals surface area contributed by atoms with E-state index in [9.17, 15) is 4.79 Å². The zero-order valence-corrected chi connectivity index (χ0v) is 10.3. The molecule has 1 rings (SSSR count). The van der Waals surface area contributed by atoms with E-state index in [0.29, 0.717) is 6.61 Å². The van der Waals surface area contributed by atoms with E-state index in [4.69, 9.17) is 4.74 Å². The number of rotatable bonds is 6. The molecular formula is C13H24NO2. The number of hydrogen-bond acceptors (Lipinski definition) is 2. The van der Waals surface area contributed by atoms with E-state index in [1.165, 1.54) is 32.1 Å². The van der Waals surface area contributed by atoms with Crippen molar-refractivity contribution in [3.05, 3.63) is 6.54 Å². The van der Waals surface area contributed by atoms with Crippen molar-refractivity contribution in [1.82, 2.24) is 5.32 Å². The lowest BCUT2D eigenvalue weighted by Crippen LogP contribution is -2.23. The van der Waals surface area contributed by atoms with Crippen molar-refractivity contribution >= 4 is 6.09 Å². The molecule has 93 valence electrons. The monoisotopic (exact) mass is 226 g/mol. The SMILES string of the molecule is CCCCOC(=O)N[CH]CC1CCCCC1. The van der Waals surface area contributed by atoms with Gasteiger partial charge < -0.3 is 10.1 Å². The Balaban J connectivity index is 1.94. The Morgan fingerprint density at radius 2 is 2.12 bits per heavy atom. The third-order valence-electron chi connectivity index (χ3n) is 3.13. The molecule has 1 aliphatic carbocycles. The van der Waals surface area contributed by atoms with E-state index < -0.39 is 0 Å². The predicted molar refractivity (Wildman–Crippen MR) is 64.9 cm³/mol. The molecule has 0 heterocycles. The number of carbonyl (C=O) groups is 1. The number of unbranched alkanes of at least 4 members (excludes halogenated alkanes) is 1. The van der Waals surface area contributed by atoms with Crippen LogP contribution in [0.25, 0.3) is 0 Å². The molecule has 0 aromatic heterocycles. The molecule has 1 amide bonds. The fourth-order valence-electron chi connectivity index (χ4n) is 2.08. The summed E-state index contributed by atoms with van der Waals surface area (Å²) in [5, 5.41) is 2.70. The van der Waals surface area contributed by atoms with Gasteiger partial charge in [0.25, 0.3) is 0 Å². The molecule has 1 N–H and O–H groups in total. The molecule has 3 nitrogen and oxygen atoms in total. The highest BCUT2D eigenvalue weighted by Gasteiger charge is 2.13. The van der Waals surface area contributed by atoms with Crippen LogP contribution in [0, 0.1) is 12.5 Å². The standard InChI is InChI=1S/C13H24NO2/c1-2-3-11-16-13(15)14-10-9-12-7-5-4-6-8-12/h10,12H,2-9,11H2,1H3,(H,14,15). The van der Waals surface area contributed by atoms with E-state index in [0.717, 1.165) is 25.2 Å². The lowest BCUT2D eigenvalue weighted by atomic mass is 9.87. The maximum Gasteiger partial charge on any atom is 0.407 e. The summed E-state index contributed by atoms with van der Waals surface area (Å²) in [5.74, 6) is 0.768. The van der Waals surface area contributed by atoms with Crippen LogP contribution in [0.15, 0.2) is 0 Å². The summed E-state index contributed by atoms with van der Waals surface area (Å²) in [5.41, 5.74) is 0. The summed E-state index contributed by atoms with van der Waals surface area (Å²) in [6.07, 6.45) is 9.37. The van der Waals surface area contributed by atoms with Gasteiger partial charge in [0.2, 0.25) is 0 Å². The van der Waals surface area contributed by atoms with Crippen molar-refractivity contribution in [3.63, 3.8) is 0 Å². The van der Waals surface area contributed by atoms with Crippen molar-refractivity contribution in [2.75, 3.05) is 6.61 Å². The first-order valence-corrected chi connectivity index (χ1v) is 6.58. The Labute approximate surface area is 98.9 Å².